The predicted molar refractivity (Wildman–Crippen MR) is 88.5 cm³/mol. The second-order valence-electron chi connectivity index (χ2n) is 5.45. The van der Waals surface area contributed by atoms with Gasteiger partial charge >= 0.3 is 0 Å². The van der Waals surface area contributed by atoms with Gasteiger partial charge in [0.1, 0.15) is 0 Å². The SMILES string of the molecule is CNc1nc(NCC(C)(C)SC)nc(N2CCOCC2)n1. The minimum absolute atomic E-state index is 0.131. The number of hydrogen-bond acceptors (Lipinski definition) is 8. The van der Waals surface area contributed by atoms with Crippen LogP contribution in [0.2, 0.25) is 0 Å². The highest BCUT2D eigenvalue weighted by Crippen LogP contribution is 2.22. The number of hydrogen-bond donors (Lipinski definition) is 2. The molecule has 0 radical (unpaired) electrons. The third-order valence-electron chi connectivity index (χ3n) is 3.37. The van der Waals surface area contributed by atoms with Gasteiger partial charge in [0, 0.05) is 31.4 Å². The van der Waals surface area contributed by atoms with E-state index in [-0.39, 0.29) is 4.75 Å². The van der Waals surface area contributed by atoms with Crippen LogP contribution in [0.5, 0.6) is 0 Å². The van der Waals surface area contributed by atoms with E-state index in [9.17, 15) is 0 Å². The molecule has 0 bridgehead atoms. The Labute approximate surface area is 130 Å². The first-order valence-electron chi connectivity index (χ1n) is 7.09. The summed E-state index contributed by atoms with van der Waals surface area (Å²) in [4.78, 5) is 15.5. The Morgan fingerprint density at radius 1 is 1.19 bits per heavy atom. The first kappa shape index (κ1) is 16.1. The lowest BCUT2D eigenvalue weighted by Gasteiger charge is -2.27. The topological polar surface area (TPSA) is 75.2 Å². The second-order valence-corrected chi connectivity index (χ2v) is 6.96. The van der Waals surface area contributed by atoms with Crippen LogP contribution in [-0.4, -0.2) is 65.9 Å². The fourth-order valence-corrected chi connectivity index (χ4v) is 2.04. The summed E-state index contributed by atoms with van der Waals surface area (Å²) in [5.74, 6) is 1.89. The number of aromatic nitrogens is 3. The lowest BCUT2D eigenvalue weighted by Crippen LogP contribution is -2.37. The molecule has 8 heteroatoms. The Bertz CT molecular complexity index is 464. The molecule has 1 aromatic rings. The summed E-state index contributed by atoms with van der Waals surface area (Å²) in [6.45, 7) is 8.21. The summed E-state index contributed by atoms with van der Waals surface area (Å²) in [6.07, 6.45) is 2.10. The number of thioether (sulfide) groups is 1. The van der Waals surface area contributed by atoms with Crippen molar-refractivity contribution in [1.29, 1.82) is 0 Å². The number of rotatable bonds is 6. The van der Waals surface area contributed by atoms with Crippen LogP contribution in [0, 0.1) is 0 Å². The van der Waals surface area contributed by atoms with Crippen LogP contribution in [0.25, 0.3) is 0 Å². The van der Waals surface area contributed by atoms with Gasteiger partial charge in [-0.1, -0.05) is 0 Å². The van der Waals surface area contributed by atoms with Crippen LogP contribution in [0.3, 0.4) is 0 Å². The third-order valence-corrected chi connectivity index (χ3v) is 4.62. The van der Waals surface area contributed by atoms with Gasteiger partial charge in [-0.3, -0.25) is 0 Å². The van der Waals surface area contributed by atoms with Crippen LogP contribution in [0.1, 0.15) is 13.8 Å². The van der Waals surface area contributed by atoms with Crippen LogP contribution < -0.4 is 15.5 Å². The molecule has 21 heavy (non-hydrogen) atoms. The maximum absolute atomic E-state index is 5.37. The molecule has 1 aliphatic heterocycles. The molecule has 1 saturated heterocycles. The molecule has 0 atom stereocenters. The van der Waals surface area contributed by atoms with Crippen molar-refractivity contribution in [3.63, 3.8) is 0 Å². The molecule has 1 fully saturated rings. The molecular weight excluding hydrogens is 288 g/mol. The standard InChI is InChI=1S/C13H24N6OS/c1-13(2,21-4)9-15-11-16-10(14-3)17-12(18-11)19-5-7-20-8-6-19/h5-9H2,1-4H3,(H2,14,15,16,17,18). The molecule has 2 rings (SSSR count). The average Bonchev–Trinajstić information content (AvgIpc) is 2.53. The van der Waals surface area contributed by atoms with E-state index in [4.69, 9.17) is 4.74 Å². The fourth-order valence-electron chi connectivity index (χ4n) is 1.82. The highest BCUT2D eigenvalue weighted by molar-refractivity contribution is 7.99. The van der Waals surface area contributed by atoms with Crippen molar-refractivity contribution in [3.05, 3.63) is 0 Å². The van der Waals surface area contributed by atoms with Gasteiger partial charge in [-0.05, 0) is 20.1 Å². The number of anilines is 3. The van der Waals surface area contributed by atoms with E-state index in [0.717, 1.165) is 19.6 Å². The molecule has 0 saturated carbocycles. The van der Waals surface area contributed by atoms with Gasteiger partial charge in [0.15, 0.2) is 0 Å². The van der Waals surface area contributed by atoms with Crippen molar-refractivity contribution < 1.29 is 4.74 Å². The molecular formula is C13H24N6OS. The van der Waals surface area contributed by atoms with E-state index in [1.54, 1.807) is 0 Å². The van der Waals surface area contributed by atoms with Crippen LogP contribution >= 0.6 is 11.8 Å². The summed E-state index contributed by atoms with van der Waals surface area (Å²) in [5.41, 5.74) is 0. The first-order chi connectivity index (χ1) is 10.0. The van der Waals surface area contributed by atoms with Gasteiger partial charge in [-0.25, -0.2) is 0 Å². The van der Waals surface area contributed by atoms with Crippen molar-refractivity contribution in [2.75, 3.05) is 61.7 Å². The van der Waals surface area contributed by atoms with Gasteiger partial charge in [0.25, 0.3) is 0 Å². The van der Waals surface area contributed by atoms with Gasteiger partial charge in [-0.2, -0.15) is 26.7 Å². The van der Waals surface area contributed by atoms with Crippen molar-refractivity contribution in [1.82, 2.24) is 15.0 Å². The zero-order chi connectivity index (χ0) is 15.3. The number of morpholine rings is 1. The molecule has 118 valence electrons. The van der Waals surface area contributed by atoms with E-state index in [2.05, 4.69) is 50.6 Å². The van der Waals surface area contributed by atoms with Crippen molar-refractivity contribution in [3.8, 4) is 0 Å². The van der Waals surface area contributed by atoms with Gasteiger partial charge in [0.05, 0.1) is 13.2 Å². The Morgan fingerprint density at radius 3 is 2.48 bits per heavy atom. The summed E-state index contributed by atoms with van der Waals surface area (Å²) in [5, 5.41) is 6.30. The molecule has 1 aromatic heterocycles. The normalized spacial score (nSPS) is 15.9. The summed E-state index contributed by atoms with van der Waals surface area (Å²) < 4.78 is 5.50. The molecule has 0 aliphatic carbocycles. The molecule has 0 aromatic carbocycles. The highest BCUT2D eigenvalue weighted by atomic mass is 32.2. The van der Waals surface area contributed by atoms with E-state index in [1.165, 1.54) is 0 Å². The third kappa shape index (κ3) is 4.60. The molecule has 7 nitrogen and oxygen atoms in total. The first-order valence-corrected chi connectivity index (χ1v) is 8.32. The monoisotopic (exact) mass is 312 g/mol. The molecule has 0 unspecified atom stereocenters. The Hall–Kier alpha value is -1.28. The summed E-state index contributed by atoms with van der Waals surface area (Å²) >= 11 is 1.81. The lowest BCUT2D eigenvalue weighted by molar-refractivity contribution is 0.122. The Kier molecular flexibility index (Phi) is 5.46. The fraction of sp³-hybridized carbons (Fsp3) is 0.769. The molecule has 2 heterocycles. The molecule has 0 amide bonds. The minimum Gasteiger partial charge on any atom is -0.378 e. The zero-order valence-electron chi connectivity index (χ0n) is 13.1. The number of ether oxygens (including phenoxy) is 1. The van der Waals surface area contributed by atoms with Gasteiger partial charge < -0.3 is 20.3 Å². The predicted octanol–water partition coefficient (Wildman–Crippen LogP) is 1.30. The van der Waals surface area contributed by atoms with E-state index in [0.29, 0.717) is 31.1 Å². The van der Waals surface area contributed by atoms with Crippen molar-refractivity contribution >= 4 is 29.6 Å². The minimum atomic E-state index is 0.131. The maximum Gasteiger partial charge on any atom is 0.232 e. The lowest BCUT2D eigenvalue weighted by atomic mass is 10.2. The zero-order valence-corrected chi connectivity index (χ0v) is 14.0. The number of nitrogens with one attached hydrogen (secondary N) is 2. The largest absolute Gasteiger partial charge is 0.378 e. The second kappa shape index (κ2) is 7.13. The average molecular weight is 312 g/mol. The quantitative estimate of drug-likeness (QED) is 0.814. The highest BCUT2D eigenvalue weighted by Gasteiger charge is 2.19. The van der Waals surface area contributed by atoms with Crippen LogP contribution in [-0.2, 0) is 4.74 Å². The van der Waals surface area contributed by atoms with Gasteiger partial charge in [-0.15, -0.1) is 0 Å². The number of nitrogens with zero attached hydrogens (tertiary/aromatic N) is 4. The van der Waals surface area contributed by atoms with E-state index >= 15 is 0 Å². The van der Waals surface area contributed by atoms with Crippen LogP contribution in [0.15, 0.2) is 0 Å². The van der Waals surface area contributed by atoms with Gasteiger partial charge in [0.2, 0.25) is 17.8 Å². The Morgan fingerprint density at radius 2 is 1.86 bits per heavy atom. The van der Waals surface area contributed by atoms with Crippen LogP contribution in [0.4, 0.5) is 17.8 Å². The molecule has 2 N–H and O–H groups in total. The molecule has 0 spiro atoms. The van der Waals surface area contributed by atoms with E-state index in [1.807, 2.05) is 18.8 Å². The Balaban J connectivity index is 2.13. The summed E-state index contributed by atoms with van der Waals surface area (Å²) in [6, 6.07) is 0. The van der Waals surface area contributed by atoms with E-state index < -0.39 is 0 Å². The van der Waals surface area contributed by atoms with Crippen molar-refractivity contribution in [2.24, 2.45) is 0 Å². The molecule has 1 aliphatic rings. The maximum atomic E-state index is 5.37. The summed E-state index contributed by atoms with van der Waals surface area (Å²) in [7, 11) is 1.81. The smallest absolute Gasteiger partial charge is 0.232 e. The van der Waals surface area contributed by atoms with Crippen molar-refractivity contribution in [2.45, 2.75) is 18.6 Å².